The van der Waals surface area contributed by atoms with E-state index in [1.54, 1.807) is 0 Å². The van der Waals surface area contributed by atoms with Crippen molar-refractivity contribution in [2.75, 3.05) is 12.4 Å². The predicted molar refractivity (Wildman–Crippen MR) is 79.9 cm³/mol. The maximum absolute atomic E-state index is 4.84. The lowest BCUT2D eigenvalue weighted by molar-refractivity contribution is 0.565. The number of hydrogen-bond acceptors (Lipinski definition) is 3. The topological polar surface area (TPSA) is 42.2 Å². The van der Waals surface area contributed by atoms with E-state index in [-0.39, 0.29) is 10.8 Å². The lowest BCUT2D eigenvalue weighted by Crippen LogP contribution is -2.17. The number of fused-ring (bicyclic) bond motifs is 1. The molecule has 0 aliphatic heterocycles. The molecule has 0 amide bonds. The van der Waals surface area contributed by atoms with Crippen LogP contribution in [0.3, 0.4) is 0 Å². The van der Waals surface area contributed by atoms with Crippen molar-refractivity contribution in [1.82, 2.24) is 14.6 Å². The largest absolute Gasteiger partial charge is 0.373 e. The molecule has 0 aromatic carbocycles. The summed E-state index contributed by atoms with van der Waals surface area (Å²) >= 11 is 0. The van der Waals surface area contributed by atoms with Gasteiger partial charge in [0.05, 0.1) is 11.9 Å². The lowest BCUT2D eigenvalue weighted by atomic mass is 9.88. The minimum atomic E-state index is 0.0206. The third-order valence-corrected chi connectivity index (χ3v) is 3.30. The number of hydrogen-bond donors (Lipinski definition) is 1. The molecular formula is C15H24N4. The molecule has 0 aliphatic carbocycles. The van der Waals surface area contributed by atoms with E-state index in [2.05, 4.69) is 58.0 Å². The molecular weight excluding hydrogens is 236 g/mol. The number of aromatic nitrogens is 3. The van der Waals surface area contributed by atoms with Gasteiger partial charge in [-0.2, -0.15) is 9.61 Å². The van der Waals surface area contributed by atoms with Crippen LogP contribution in [0.2, 0.25) is 0 Å². The van der Waals surface area contributed by atoms with Crippen LogP contribution in [0.1, 0.15) is 52.8 Å². The molecule has 4 heteroatoms. The Bertz CT molecular complexity index is 597. The molecule has 0 bridgehead atoms. The molecule has 1 N–H and O–H groups in total. The zero-order valence-electron chi connectivity index (χ0n) is 13.0. The molecule has 2 heterocycles. The van der Waals surface area contributed by atoms with Crippen molar-refractivity contribution in [3.8, 4) is 0 Å². The van der Waals surface area contributed by atoms with Crippen molar-refractivity contribution in [1.29, 1.82) is 0 Å². The van der Waals surface area contributed by atoms with Crippen LogP contribution >= 0.6 is 0 Å². The maximum atomic E-state index is 4.84. The minimum Gasteiger partial charge on any atom is -0.373 e. The Labute approximate surface area is 115 Å². The Hall–Kier alpha value is -1.58. The normalized spacial score (nSPS) is 13.0. The number of nitrogens with one attached hydrogen (secondary N) is 1. The SMILES string of the molecule is CNc1cc(C(C)(C)C)nc2c(C(C)(C)C)cnn12. The van der Waals surface area contributed by atoms with Crippen LogP contribution in [0.25, 0.3) is 5.65 Å². The zero-order valence-corrected chi connectivity index (χ0v) is 13.0. The Morgan fingerprint density at radius 1 is 1.05 bits per heavy atom. The molecule has 0 atom stereocenters. The van der Waals surface area contributed by atoms with Gasteiger partial charge in [-0.15, -0.1) is 0 Å². The van der Waals surface area contributed by atoms with Crippen LogP contribution in [0.5, 0.6) is 0 Å². The summed E-state index contributed by atoms with van der Waals surface area (Å²) in [5, 5.41) is 7.68. The van der Waals surface area contributed by atoms with Gasteiger partial charge < -0.3 is 5.32 Å². The Morgan fingerprint density at radius 2 is 1.68 bits per heavy atom. The summed E-state index contributed by atoms with van der Waals surface area (Å²) in [7, 11) is 1.92. The van der Waals surface area contributed by atoms with E-state index in [1.807, 2.05) is 17.8 Å². The van der Waals surface area contributed by atoms with Gasteiger partial charge in [0.25, 0.3) is 0 Å². The van der Waals surface area contributed by atoms with Crippen molar-refractivity contribution >= 4 is 11.5 Å². The van der Waals surface area contributed by atoms with Crippen molar-refractivity contribution in [3.63, 3.8) is 0 Å². The summed E-state index contributed by atoms with van der Waals surface area (Å²) in [6.07, 6.45) is 1.93. The molecule has 0 radical (unpaired) electrons. The summed E-state index contributed by atoms with van der Waals surface area (Å²) < 4.78 is 1.88. The van der Waals surface area contributed by atoms with Crippen LogP contribution in [0.4, 0.5) is 5.82 Å². The second kappa shape index (κ2) is 4.22. The van der Waals surface area contributed by atoms with Gasteiger partial charge in [-0.05, 0) is 5.41 Å². The van der Waals surface area contributed by atoms with Crippen LogP contribution in [-0.2, 0) is 10.8 Å². The van der Waals surface area contributed by atoms with Crippen molar-refractivity contribution in [2.24, 2.45) is 0 Å². The van der Waals surface area contributed by atoms with Crippen molar-refractivity contribution in [3.05, 3.63) is 23.5 Å². The highest BCUT2D eigenvalue weighted by Crippen LogP contribution is 2.30. The first-order chi connectivity index (χ1) is 8.64. The molecule has 2 aromatic rings. The predicted octanol–water partition coefficient (Wildman–Crippen LogP) is 3.37. The third kappa shape index (κ3) is 2.44. The average Bonchev–Trinajstić information content (AvgIpc) is 2.69. The molecule has 2 rings (SSSR count). The molecule has 0 saturated carbocycles. The Morgan fingerprint density at radius 3 is 2.16 bits per heavy atom. The number of rotatable bonds is 1. The summed E-state index contributed by atoms with van der Waals surface area (Å²) in [4.78, 5) is 4.84. The van der Waals surface area contributed by atoms with Crippen molar-refractivity contribution in [2.45, 2.75) is 52.4 Å². The van der Waals surface area contributed by atoms with Gasteiger partial charge in [0, 0.05) is 24.1 Å². The summed E-state index contributed by atoms with van der Waals surface area (Å²) in [5.74, 6) is 0.977. The van der Waals surface area contributed by atoms with Gasteiger partial charge in [-0.3, -0.25) is 0 Å². The van der Waals surface area contributed by atoms with Crippen LogP contribution in [-0.4, -0.2) is 21.6 Å². The van der Waals surface area contributed by atoms with Gasteiger partial charge in [-0.1, -0.05) is 41.5 Å². The fraction of sp³-hybridized carbons (Fsp3) is 0.600. The first kappa shape index (κ1) is 13.8. The average molecular weight is 260 g/mol. The van der Waals surface area contributed by atoms with E-state index >= 15 is 0 Å². The quantitative estimate of drug-likeness (QED) is 0.855. The molecule has 19 heavy (non-hydrogen) atoms. The van der Waals surface area contributed by atoms with E-state index in [1.165, 1.54) is 5.56 Å². The molecule has 0 fully saturated rings. The molecule has 0 unspecified atom stereocenters. The van der Waals surface area contributed by atoms with Gasteiger partial charge in [0.2, 0.25) is 0 Å². The Kier molecular flexibility index (Phi) is 3.07. The van der Waals surface area contributed by atoms with Crippen LogP contribution in [0, 0.1) is 0 Å². The van der Waals surface area contributed by atoms with E-state index in [9.17, 15) is 0 Å². The highest BCUT2D eigenvalue weighted by molar-refractivity contribution is 5.57. The Balaban J connectivity index is 2.79. The van der Waals surface area contributed by atoms with E-state index in [0.717, 1.165) is 17.2 Å². The smallest absolute Gasteiger partial charge is 0.161 e. The number of nitrogens with zero attached hydrogens (tertiary/aromatic N) is 3. The van der Waals surface area contributed by atoms with Crippen LogP contribution in [0.15, 0.2) is 12.3 Å². The van der Waals surface area contributed by atoms with E-state index < -0.39 is 0 Å². The summed E-state index contributed by atoms with van der Waals surface area (Å²) in [5.41, 5.74) is 3.26. The maximum Gasteiger partial charge on any atom is 0.161 e. The number of anilines is 1. The summed E-state index contributed by atoms with van der Waals surface area (Å²) in [6, 6.07) is 2.08. The second-order valence-electron chi connectivity index (χ2n) is 7.07. The van der Waals surface area contributed by atoms with Crippen molar-refractivity contribution < 1.29 is 0 Å². The first-order valence-electron chi connectivity index (χ1n) is 6.72. The molecule has 104 valence electrons. The molecule has 0 saturated heterocycles. The summed E-state index contributed by atoms with van der Waals surface area (Å²) in [6.45, 7) is 13.1. The van der Waals surface area contributed by atoms with Gasteiger partial charge in [-0.25, -0.2) is 4.98 Å². The first-order valence-corrected chi connectivity index (χ1v) is 6.72. The zero-order chi connectivity index (χ0) is 14.4. The molecule has 0 aliphatic rings. The van der Waals surface area contributed by atoms with Crippen LogP contribution < -0.4 is 5.32 Å². The fourth-order valence-electron chi connectivity index (χ4n) is 2.05. The third-order valence-electron chi connectivity index (χ3n) is 3.30. The van der Waals surface area contributed by atoms with E-state index in [4.69, 9.17) is 4.98 Å². The van der Waals surface area contributed by atoms with Gasteiger partial charge in [0.15, 0.2) is 5.65 Å². The standard InChI is InChI=1S/C15H24N4/c1-14(2,3)10-9-17-19-12(16-7)8-11(15(4,5)6)18-13(10)19/h8-9,16H,1-7H3. The lowest BCUT2D eigenvalue weighted by Gasteiger charge is -2.21. The molecule has 4 nitrogen and oxygen atoms in total. The highest BCUT2D eigenvalue weighted by atomic mass is 15.3. The molecule has 0 spiro atoms. The van der Waals surface area contributed by atoms with Gasteiger partial charge in [0.1, 0.15) is 5.82 Å². The fourth-order valence-corrected chi connectivity index (χ4v) is 2.05. The highest BCUT2D eigenvalue weighted by Gasteiger charge is 2.24. The second-order valence-corrected chi connectivity index (χ2v) is 7.07. The van der Waals surface area contributed by atoms with E-state index in [0.29, 0.717) is 0 Å². The van der Waals surface area contributed by atoms with Gasteiger partial charge >= 0.3 is 0 Å². The minimum absolute atomic E-state index is 0.0206. The monoisotopic (exact) mass is 260 g/mol. The molecule has 2 aromatic heterocycles.